The van der Waals surface area contributed by atoms with Gasteiger partial charge < -0.3 is 6.92 Å². The molecule has 0 amide bonds. The van der Waals surface area contributed by atoms with Crippen molar-refractivity contribution >= 4 is 0 Å². The van der Waals surface area contributed by atoms with E-state index >= 15 is 0 Å². The standard InChI is InChI=1S/C4H9.2O.Ti/c1-3-4-2;;;/h1,3-4H2,2H3;;;/q-1;;;. The van der Waals surface area contributed by atoms with Crippen molar-refractivity contribution in [3.63, 3.8) is 0 Å². The van der Waals surface area contributed by atoms with E-state index in [1.807, 2.05) is 0 Å². The zero-order chi connectivity index (χ0) is 6.12. The van der Waals surface area contributed by atoms with Crippen molar-refractivity contribution in [2.24, 2.45) is 0 Å². The number of rotatable bonds is 1. The summed E-state index contributed by atoms with van der Waals surface area (Å²) in [5.41, 5.74) is 0. The Labute approximate surface area is 52.9 Å². The third-order valence-corrected chi connectivity index (χ3v) is 0.354. The fraction of sp³-hybridized carbons (Fsp3) is 0.750. The van der Waals surface area contributed by atoms with Gasteiger partial charge in [-0.25, -0.2) is 0 Å². The first kappa shape index (κ1) is 10.3. The molecule has 0 saturated heterocycles. The van der Waals surface area contributed by atoms with E-state index in [9.17, 15) is 0 Å². The van der Waals surface area contributed by atoms with Crippen LogP contribution in [0.25, 0.3) is 0 Å². The summed E-state index contributed by atoms with van der Waals surface area (Å²) >= 11 is -2.00. The van der Waals surface area contributed by atoms with E-state index < -0.39 is 19.1 Å². The van der Waals surface area contributed by atoms with Crippen molar-refractivity contribution < 1.29 is 25.7 Å². The van der Waals surface area contributed by atoms with Crippen LogP contribution < -0.4 is 0 Å². The average Bonchev–Trinajstić information content (AvgIpc) is 1.69. The third kappa shape index (κ3) is 68.0. The zero-order valence-electron chi connectivity index (χ0n) is 4.44. The minimum atomic E-state index is -2.00. The summed E-state index contributed by atoms with van der Waals surface area (Å²) in [6.45, 7) is 5.72. The molecule has 0 N–H and O–H groups in total. The van der Waals surface area contributed by atoms with Crippen LogP contribution in [-0.2, 0) is 25.7 Å². The Morgan fingerprint density at radius 3 is 1.71 bits per heavy atom. The summed E-state index contributed by atoms with van der Waals surface area (Å²) in [5, 5.41) is 0. The van der Waals surface area contributed by atoms with Crippen molar-refractivity contribution in [1.29, 1.82) is 0 Å². The molecule has 0 aromatic rings. The fourth-order valence-electron chi connectivity index (χ4n) is 0. The molecular formula is C4H9O2Ti-. The Morgan fingerprint density at radius 1 is 1.57 bits per heavy atom. The molecule has 0 atom stereocenters. The summed E-state index contributed by atoms with van der Waals surface area (Å²) < 4.78 is 17.0. The Balaban J connectivity index is 0. The van der Waals surface area contributed by atoms with Crippen LogP contribution in [0.2, 0.25) is 0 Å². The van der Waals surface area contributed by atoms with Crippen LogP contribution in [0.15, 0.2) is 0 Å². The summed E-state index contributed by atoms with van der Waals surface area (Å²) in [7, 11) is 0. The van der Waals surface area contributed by atoms with Crippen LogP contribution in [0, 0.1) is 6.92 Å². The SMILES string of the molecule is [CH2-]CCC.[O]=[Ti]=[O]. The van der Waals surface area contributed by atoms with Crippen LogP contribution in [0.1, 0.15) is 19.8 Å². The van der Waals surface area contributed by atoms with Crippen LogP contribution in [0.4, 0.5) is 0 Å². The molecule has 7 heavy (non-hydrogen) atoms. The summed E-state index contributed by atoms with van der Waals surface area (Å²) in [4.78, 5) is 0. The van der Waals surface area contributed by atoms with E-state index in [1.54, 1.807) is 0 Å². The zero-order valence-corrected chi connectivity index (χ0v) is 6.00. The van der Waals surface area contributed by atoms with E-state index in [0.717, 1.165) is 6.42 Å². The van der Waals surface area contributed by atoms with Gasteiger partial charge in [0.2, 0.25) is 0 Å². The molecule has 0 saturated carbocycles. The molecular weight excluding hydrogens is 128 g/mol. The van der Waals surface area contributed by atoms with Gasteiger partial charge in [-0.3, -0.25) is 0 Å². The Morgan fingerprint density at radius 2 is 1.71 bits per heavy atom. The van der Waals surface area contributed by atoms with Gasteiger partial charge in [0.25, 0.3) is 0 Å². The normalized spacial score (nSPS) is 5.43. The quantitative estimate of drug-likeness (QED) is 0.404. The van der Waals surface area contributed by atoms with Crippen molar-refractivity contribution in [1.82, 2.24) is 0 Å². The molecule has 0 unspecified atom stereocenters. The monoisotopic (exact) mass is 137 g/mol. The maximum atomic E-state index is 8.50. The second-order valence-corrected chi connectivity index (χ2v) is 1.20. The second kappa shape index (κ2) is 16.2. The molecule has 0 aliphatic heterocycles. The van der Waals surface area contributed by atoms with E-state index in [0.29, 0.717) is 0 Å². The Kier molecular flexibility index (Phi) is 23.9. The molecule has 0 aliphatic carbocycles. The van der Waals surface area contributed by atoms with Crippen molar-refractivity contribution in [3.8, 4) is 0 Å². The molecule has 0 aromatic heterocycles. The summed E-state index contributed by atoms with van der Waals surface area (Å²) in [6.07, 6.45) is 2.28. The van der Waals surface area contributed by atoms with E-state index in [-0.39, 0.29) is 0 Å². The van der Waals surface area contributed by atoms with Crippen LogP contribution in [0.3, 0.4) is 0 Å². The van der Waals surface area contributed by atoms with Crippen molar-refractivity contribution in [3.05, 3.63) is 6.92 Å². The van der Waals surface area contributed by atoms with Gasteiger partial charge in [0, 0.05) is 0 Å². The molecule has 0 rings (SSSR count). The predicted molar refractivity (Wildman–Crippen MR) is 21.6 cm³/mol. The van der Waals surface area contributed by atoms with Gasteiger partial charge in [0.1, 0.15) is 0 Å². The first-order valence-electron chi connectivity index (χ1n) is 2.12. The molecule has 0 heterocycles. The molecule has 2 nitrogen and oxygen atoms in total. The van der Waals surface area contributed by atoms with Gasteiger partial charge in [0.15, 0.2) is 0 Å². The van der Waals surface area contributed by atoms with Gasteiger partial charge >= 0.3 is 25.7 Å². The van der Waals surface area contributed by atoms with Crippen molar-refractivity contribution in [2.45, 2.75) is 19.8 Å². The van der Waals surface area contributed by atoms with Gasteiger partial charge in [0.05, 0.1) is 0 Å². The van der Waals surface area contributed by atoms with Crippen LogP contribution >= 0.6 is 0 Å². The number of hydrogen-bond donors (Lipinski definition) is 0. The molecule has 0 bridgehead atoms. The van der Waals surface area contributed by atoms with Gasteiger partial charge in [-0.2, -0.15) is 6.42 Å². The fourth-order valence-corrected chi connectivity index (χ4v) is 0. The van der Waals surface area contributed by atoms with E-state index in [2.05, 4.69) is 13.8 Å². The van der Waals surface area contributed by atoms with Crippen LogP contribution in [0.5, 0.6) is 0 Å². The second-order valence-electron chi connectivity index (χ2n) is 0.937. The molecule has 0 aliphatic rings. The predicted octanol–water partition coefficient (Wildman–Crippen LogP) is 1.38. The van der Waals surface area contributed by atoms with Gasteiger partial charge in [-0.05, 0) is 0 Å². The van der Waals surface area contributed by atoms with E-state index in [4.69, 9.17) is 6.65 Å². The average molecular weight is 137 g/mol. The molecule has 0 radical (unpaired) electrons. The molecule has 0 spiro atoms. The Hall–Kier alpha value is 0.314. The number of hydrogen-bond acceptors (Lipinski definition) is 2. The van der Waals surface area contributed by atoms with Crippen molar-refractivity contribution in [2.75, 3.05) is 0 Å². The summed E-state index contributed by atoms with van der Waals surface area (Å²) in [6, 6.07) is 0. The number of unbranched alkanes of at least 4 members (excludes halogenated alkanes) is 1. The molecule has 42 valence electrons. The third-order valence-electron chi connectivity index (χ3n) is 0.354. The van der Waals surface area contributed by atoms with Gasteiger partial charge in [-0.1, -0.05) is 13.3 Å². The van der Waals surface area contributed by atoms with E-state index in [1.165, 1.54) is 6.42 Å². The maximum absolute atomic E-state index is 8.50. The summed E-state index contributed by atoms with van der Waals surface area (Å²) in [5.74, 6) is 0. The Bertz CT molecular complexity index is 45.7. The first-order valence-corrected chi connectivity index (χ1v) is 3.39. The van der Waals surface area contributed by atoms with Crippen LogP contribution in [-0.4, -0.2) is 0 Å². The topological polar surface area (TPSA) is 34.1 Å². The molecule has 3 heteroatoms. The first-order chi connectivity index (χ1) is 3.33. The molecule has 0 aromatic carbocycles. The minimum absolute atomic E-state index is 1.07. The molecule has 0 fully saturated rings. The van der Waals surface area contributed by atoms with Gasteiger partial charge in [-0.15, -0.1) is 0 Å².